The molecule has 3 heterocycles. The van der Waals surface area contributed by atoms with Crippen molar-refractivity contribution < 1.29 is 4.79 Å². The third-order valence-corrected chi connectivity index (χ3v) is 5.37. The van der Waals surface area contributed by atoms with E-state index in [0.29, 0.717) is 17.6 Å². The number of nitrogens with one attached hydrogen (secondary N) is 1. The van der Waals surface area contributed by atoms with Gasteiger partial charge < -0.3 is 15.1 Å². The molecule has 2 aliphatic heterocycles. The monoisotopic (exact) mass is 336 g/mol. The van der Waals surface area contributed by atoms with Crippen molar-refractivity contribution in [2.24, 2.45) is 0 Å². The highest BCUT2D eigenvalue weighted by molar-refractivity contribution is 5.94. The molecule has 0 radical (unpaired) electrons. The van der Waals surface area contributed by atoms with Crippen LogP contribution in [0.5, 0.6) is 0 Å². The first-order valence-corrected chi connectivity index (χ1v) is 9.02. The van der Waals surface area contributed by atoms with E-state index in [2.05, 4.69) is 15.2 Å². The van der Waals surface area contributed by atoms with Gasteiger partial charge in [-0.25, -0.2) is 4.98 Å². The second-order valence-corrected chi connectivity index (χ2v) is 6.89. The predicted octanol–water partition coefficient (Wildman–Crippen LogP) is 2.82. The number of pyridine rings is 1. The summed E-state index contributed by atoms with van der Waals surface area (Å²) < 4.78 is 0. The van der Waals surface area contributed by atoms with Crippen molar-refractivity contribution in [2.75, 3.05) is 25.0 Å². The van der Waals surface area contributed by atoms with Gasteiger partial charge in [-0.1, -0.05) is 18.2 Å². The highest BCUT2D eigenvalue weighted by Crippen LogP contribution is 2.30. The number of hydrogen-bond acceptors (Lipinski definition) is 4. The Morgan fingerprint density at radius 2 is 1.92 bits per heavy atom. The average molecular weight is 336 g/mol. The van der Waals surface area contributed by atoms with Crippen LogP contribution in [-0.4, -0.2) is 48.0 Å². The van der Waals surface area contributed by atoms with Crippen molar-refractivity contribution in [3.8, 4) is 0 Å². The number of anilines is 2. The van der Waals surface area contributed by atoms with Crippen LogP contribution in [0.1, 0.15) is 29.6 Å². The minimum Gasteiger partial charge on any atom is -0.331 e. The summed E-state index contributed by atoms with van der Waals surface area (Å²) in [4.78, 5) is 21.7. The van der Waals surface area contributed by atoms with Crippen LogP contribution < -0.4 is 10.2 Å². The van der Waals surface area contributed by atoms with Crippen LogP contribution in [0.4, 0.5) is 11.5 Å². The van der Waals surface area contributed by atoms with E-state index < -0.39 is 0 Å². The zero-order valence-electron chi connectivity index (χ0n) is 14.6. The molecule has 2 fully saturated rings. The highest BCUT2D eigenvalue weighted by atomic mass is 16.2. The largest absolute Gasteiger partial charge is 0.331 e. The number of carbonyl (C=O) groups excluding carboxylic acids is 1. The van der Waals surface area contributed by atoms with E-state index in [0.717, 1.165) is 43.9 Å². The van der Waals surface area contributed by atoms with Crippen molar-refractivity contribution >= 4 is 17.4 Å². The van der Waals surface area contributed by atoms with Crippen molar-refractivity contribution in [1.82, 2.24) is 15.2 Å². The zero-order chi connectivity index (χ0) is 17.2. The first-order chi connectivity index (χ1) is 12.2. The van der Waals surface area contributed by atoms with Gasteiger partial charge in [0.05, 0.1) is 5.56 Å². The second-order valence-electron chi connectivity index (χ2n) is 6.89. The Bertz CT molecular complexity index is 717. The molecule has 0 saturated carbocycles. The molecule has 0 spiro atoms. The average Bonchev–Trinajstić information content (AvgIpc) is 2.94. The van der Waals surface area contributed by atoms with Crippen LogP contribution in [0.15, 0.2) is 48.7 Å². The number of fused-ring (bicyclic) bond motifs is 2. The van der Waals surface area contributed by atoms with Crippen LogP contribution in [-0.2, 0) is 0 Å². The molecule has 1 N–H and O–H groups in total. The van der Waals surface area contributed by atoms with Gasteiger partial charge in [-0.2, -0.15) is 0 Å². The molecule has 1 aromatic carbocycles. The van der Waals surface area contributed by atoms with E-state index in [-0.39, 0.29) is 5.91 Å². The molecule has 2 aliphatic rings. The SMILES string of the molecule is CN(c1ccccc1)c1ccc(C(=O)N2C3CCNCC2CC3)cn1. The van der Waals surface area contributed by atoms with Crippen molar-refractivity contribution in [3.05, 3.63) is 54.2 Å². The third-order valence-electron chi connectivity index (χ3n) is 5.37. The van der Waals surface area contributed by atoms with Crippen molar-refractivity contribution in [2.45, 2.75) is 31.3 Å². The van der Waals surface area contributed by atoms with Gasteiger partial charge in [-0.3, -0.25) is 4.79 Å². The Morgan fingerprint density at radius 3 is 2.68 bits per heavy atom. The van der Waals surface area contributed by atoms with Gasteiger partial charge in [0.25, 0.3) is 5.91 Å². The molecule has 130 valence electrons. The Morgan fingerprint density at radius 1 is 1.12 bits per heavy atom. The van der Waals surface area contributed by atoms with E-state index in [1.165, 1.54) is 0 Å². The molecule has 2 aromatic rings. The molecule has 2 saturated heterocycles. The highest BCUT2D eigenvalue weighted by Gasteiger charge is 2.38. The molecular weight excluding hydrogens is 312 g/mol. The predicted molar refractivity (Wildman–Crippen MR) is 99.2 cm³/mol. The summed E-state index contributed by atoms with van der Waals surface area (Å²) in [7, 11) is 1.99. The summed E-state index contributed by atoms with van der Waals surface area (Å²) in [6.07, 6.45) is 4.99. The number of rotatable bonds is 3. The van der Waals surface area contributed by atoms with Crippen LogP contribution in [0.3, 0.4) is 0 Å². The normalized spacial score (nSPS) is 22.5. The summed E-state index contributed by atoms with van der Waals surface area (Å²) in [6, 6.07) is 14.6. The molecule has 5 heteroatoms. The second kappa shape index (κ2) is 6.84. The Balaban J connectivity index is 1.53. The lowest BCUT2D eigenvalue weighted by Gasteiger charge is -2.28. The molecule has 5 nitrogen and oxygen atoms in total. The summed E-state index contributed by atoms with van der Waals surface area (Å²) in [5.74, 6) is 0.959. The fourth-order valence-corrected chi connectivity index (χ4v) is 3.96. The van der Waals surface area contributed by atoms with Crippen LogP contribution in [0, 0.1) is 0 Å². The summed E-state index contributed by atoms with van der Waals surface area (Å²) >= 11 is 0. The number of carbonyl (C=O) groups is 1. The molecule has 2 unspecified atom stereocenters. The topological polar surface area (TPSA) is 48.5 Å². The Kier molecular flexibility index (Phi) is 4.40. The van der Waals surface area contributed by atoms with E-state index in [4.69, 9.17) is 0 Å². The minimum atomic E-state index is 0.123. The van der Waals surface area contributed by atoms with Gasteiger partial charge in [-0.15, -0.1) is 0 Å². The quantitative estimate of drug-likeness (QED) is 0.936. The van der Waals surface area contributed by atoms with Gasteiger partial charge in [0.15, 0.2) is 0 Å². The van der Waals surface area contributed by atoms with E-state index in [9.17, 15) is 4.79 Å². The lowest BCUT2D eigenvalue weighted by atomic mass is 10.1. The van der Waals surface area contributed by atoms with Gasteiger partial charge in [0.1, 0.15) is 5.82 Å². The number of para-hydroxylation sites is 1. The molecule has 2 bridgehead atoms. The molecule has 1 aromatic heterocycles. The summed E-state index contributed by atoms with van der Waals surface area (Å²) in [5.41, 5.74) is 1.76. The molecule has 0 aliphatic carbocycles. The summed E-state index contributed by atoms with van der Waals surface area (Å²) in [5, 5.41) is 3.44. The maximum atomic E-state index is 13.0. The lowest BCUT2D eigenvalue weighted by Crippen LogP contribution is -2.42. The molecule has 25 heavy (non-hydrogen) atoms. The standard InChI is InChI=1S/C20H24N4O/c1-23(16-5-3-2-4-6-16)19-10-7-15(13-22-19)20(25)24-17-8-9-18(24)14-21-12-11-17/h2-7,10,13,17-18,21H,8-9,11-12,14H2,1H3. The van der Waals surface area contributed by atoms with Crippen LogP contribution >= 0.6 is 0 Å². The fourth-order valence-electron chi connectivity index (χ4n) is 3.96. The maximum absolute atomic E-state index is 13.0. The van der Waals surface area contributed by atoms with Crippen LogP contribution in [0.2, 0.25) is 0 Å². The van der Waals surface area contributed by atoms with Gasteiger partial charge in [0, 0.05) is 37.6 Å². The first kappa shape index (κ1) is 16.1. The lowest BCUT2D eigenvalue weighted by molar-refractivity contribution is 0.0680. The fraction of sp³-hybridized carbons (Fsp3) is 0.400. The Hall–Kier alpha value is -2.40. The molecule has 4 rings (SSSR count). The minimum absolute atomic E-state index is 0.123. The number of hydrogen-bond donors (Lipinski definition) is 1. The summed E-state index contributed by atoms with van der Waals surface area (Å²) in [6.45, 7) is 1.91. The Labute approximate surface area is 148 Å². The molecular formula is C20H24N4O. The first-order valence-electron chi connectivity index (χ1n) is 9.02. The number of benzene rings is 1. The van der Waals surface area contributed by atoms with Crippen LogP contribution in [0.25, 0.3) is 0 Å². The van der Waals surface area contributed by atoms with E-state index in [1.54, 1.807) is 6.20 Å². The molecule has 1 amide bonds. The van der Waals surface area contributed by atoms with Crippen molar-refractivity contribution in [1.29, 1.82) is 0 Å². The van der Waals surface area contributed by atoms with Gasteiger partial charge >= 0.3 is 0 Å². The number of aromatic nitrogens is 1. The van der Waals surface area contributed by atoms with E-state index in [1.807, 2.05) is 54.4 Å². The zero-order valence-corrected chi connectivity index (χ0v) is 14.6. The van der Waals surface area contributed by atoms with E-state index >= 15 is 0 Å². The van der Waals surface area contributed by atoms with Gasteiger partial charge in [-0.05, 0) is 50.1 Å². The molecule has 2 atom stereocenters. The van der Waals surface area contributed by atoms with Gasteiger partial charge in [0.2, 0.25) is 0 Å². The maximum Gasteiger partial charge on any atom is 0.255 e. The smallest absolute Gasteiger partial charge is 0.255 e. The number of nitrogens with zero attached hydrogens (tertiary/aromatic N) is 3. The number of amides is 1. The third kappa shape index (κ3) is 3.12. The van der Waals surface area contributed by atoms with Crippen molar-refractivity contribution in [3.63, 3.8) is 0 Å².